The fraction of sp³-hybridized carbons (Fsp3) is 0.476. The van der Waals surface area contributed by atoms with Gasteiger partial charge in [0.1, 0.15) is 5.69 Å². The highest BCUT2D eigenvalue weighted by atomic mass is 16.5. The highest BCUT2D eigenvalue weighted by Gasteiger charge is 2.41. The Hall–Kier alpha value is -2.47. The molecule has 1 fully saturated rings. The second-order valence-electron chi connectivity index (χ2n) is 7.87. The average molecular weight is 369 g/mol. The Morgan fingerprint density at radius 2 is 1.96 bits per heavy atom. The fourth-order valence-corrected chi connectivity index (χ4v) is 4.00. The summed E-state index contributed by atoms with van der Waals surface area (Å²) in [7, 11) is 1.54. The van der Waals surface area contributed by atoms with E-state index in [1.54, 1.807) is 0 Å². The van der Waals surface area contributed by atoms with Crippen molar-refractivity contribution in [2.45, 2.75) is 44.1 Å². The second kappa shape index (κ2) is 7.64. The summed E-state index contributed by atoms with van der Waals surface area (Å²) in [4.78, 5) is 23.8. The van der Waals surface area contributed by atoms with Gasteiger partial charge in [0.05, 0.1) is 5.60 Å². The van der Waals surface area contributed by atoms with E-state index in [1.165, 1.54) is 29.4 Å². The number of carbonyl (C=O) groups is 1. The van der Waals surface area contributed by atoms with Crippen LogP contribution in [0.5, 0.6) is 0 Å². The van der Waals surface area contributed by atoms with Gasteiger partial charge in [-0.25, -0.2) is 4.68 Å². The molecular formula is C21H27N3O3. The van der Waals surface area contributed by atoms with E-state index >= 15 is 0 Å². The predicted octanol–water partition coefficient (Wildman–Crippen LogP) is 2.43. The number of hydrogen-bond acceptors (Lipinski definition) is 4. The summed E-state index contributed by atoms with van der Waals surface area (Å²) in [6.07, 6.45) is 2.65. The molecule has 27 heavy (non-hydrogen) atoms. The largest absolute Gasteiger partial charge is 0.376 e. The van der Waals surface area contributed by atoms with E-state index in [1.807, 2.05) is 6.07 Å². The monoisotopic (exact) mass is 369 g/mol. The highest BCUT2D eigenvalue weighted by molar-refractivity contribution is 5.91. The summed E-state index contributed by atoms with van der Waals surface area (Å²) in [5, 5.41) is 6.97. The van der Waals surface area contributed by atoms with Crippen molar-refractivity contribution >= 4 is 5.91 Å². The molecule has 6 heteroatoms. The smallest absolute Gasteiger partial charge is 0.271 e. The zero-order valence-electron chi connectivity index (χ0n) is 16.2. The van der Waals surface area contributed by atoms with Crippen molar-refractivity contribution in [3.8, 4) is 0 Å². The number of aryl methyl sites for hydroxylation is 1. The van der Waals surface area contributed by atoms with Crippen molar-refractivity contribution in [2.24, 2.45) is 7.05 Å². The predicted molar refractivity (Wildman–Crippen MR) is 104 cm³/mol. The number of hydrogen-bond donors (Lipinski definition) is 1. The van der Waals surface area contributed by atoms with Crippen molar-refractivity contribution in [2.75, 3.05) is 13.2 Å². The molecule has 1 aliphatic rings. The lowest BCUT2D eigenvalue weighted by molar-refractivity contribution is -0.0838. The van der Waals surface area contributed by atoms with Crippen molar-refractivity contribution in [3.63, 3.8) is 0 Å². The number of aromatic nitrogens is 2. The molecule has 0 unspecified atom stereocenters. The molecule has 144 valence electrons. The Balaban J connectivity index is 1.73. The minimum Gasteiger partial charge on any atom is -0.376 e. The van der Waals surface area contributed by atoms with Gasteiger partial charge < -0.3 is 10.1 Å². The molecule has 1 amide bonds. The Morgan fingerprint density at radius 3 is 2.63 bits per heavy atom. The third-order valence-corrected chi connectivity index (χ3v) is 5.31. The van der Waals surface area contributed by atoms with E-state index < -0.39 is 0 Å². The van der Waals surface area contributed by atoms with Gasteiger partial charge >= 0.3 is 0 Å². The maximum atomic E-state index is 12.4. The Morgan fingerprint density at radius 1 is 1.22 bits per heavy atom. The minimum atomic E-state index is -0.264. The molecule has 0 radical (unpaired) electrons. The quantitative estimate of drug-likeness (QED) is 0.878. The standard InChI is InChI=1S/C21H27N3O3/c1-20(2)15-21(12-14-27-20,16-7-5-4-6-8-16)11-13-22-19(26)17-9-10-18(25)24(3)23-17/h4-10H,11-15H2,1-3H3,(H,22,26)/t21-/m1/s1. The van der Waals surface area contributed by atoms with Crippen LogP contribution < -0.4 is 10.9 Å². The number of nitrogens with zero attached hydrogens (tertiary/aromatic N) is 2. The summed E-state index contributed by atoms with van der Waals surface area (Å²) in [5.74, 6) is -0.264. The van der Waals surface area contributed by atoms with Crippen LogP contribution in [0, 0.1) is 0 Å². The highest BCUT2D eigenvalue weighted by Crippen LogP contribution is 2.43. The zero-order chi connectivity index (χ0) is 19.5. The van der Waals surface area contributed by atoms with Gasteiger partial charge in [-0.3, -0.25) is 9.59 Å². The summed E-state index contributed by atoms with van der Waals surface area (Å²) in [5.41, 5.74) is 1.07. The molecule has 0 saturated carbocycles. The first-order valence-corrected chi connectivity index (χ1v) is 9.33. The van der Waals surface area contributed by atoms with Crippen molar-refractivity contribution in [1.82, 2.24) is 15.1 Å². The minimum absolute atomic E-state index is 0.0345. The van der Waals surface area contributed by atoms with Gasteiger partial charge in [-0.2, -0.15) is 5.10 Å². The molecule has 1 aliphatic heterocycles. The molecule has 1 aromatic carbocycles. The number of nitrogens with one attached hydrogen (secondary N) is 1. The topological polar surface area (TPSA) is 73.2 Å². The summed E-state index contributed by atoms with van der Waals surface area (Å²) in [6.45, 7) is 5.49. The molecular weight excluding hydrogens is 342 g/mol. The van der Waals surface area contributed by atoms with Crippen LogP contribution in [0.15, 0.2) is 47.3 Å². The number of ether oxygens (including phenoxy) is 1. The molecule has 2 heterocycles. The van der Waals surface area contributed by atoms with Gasteiger partial charge in [-0.1, -0.05) is 30.3 Å². The van der Waals surface area contributed by atoms with Crippen LogP contribution >= 0.6 is 0 Å². The van der Waals surface area contributed by atoms with Crippen LogP contribution in [0.25, 0.3) is 0 Å². The average Bonchev–Trinajstić information content (AvgIpc) is 2.64. The third-order valence-electron chi connectivity index (χ3n) is 5.31. The van der Waals surface area contributed by atoms with Gasteiger partial charge in [-0.15, -0.1) is 0 Å². The molecule has 0 bridgehead atoms. The molecule has 1 saturated heterocycles. The van der Waals surface area contributed by atoms with Crippen LogP contribution in [-0.4, -0.2) is 34.4 Å². The summed E-state index contributed by atoms with van der Waals surface area (Å²) < 4.78 is 7.10. The fourth-order valence-electron chi connectivity index (χ4n) is 4.00. The van der Waals surface area contributed by atoms with Gasteiger partial charge in [0, 0.05) is 31.7 Å². The number of carbonyl (C=O) groups excluding carboxylic acids is 1. The number of rotatable bonds is 5. The second-order valence-corrected chi connectivity index (χ2v) is 7.87. The van der Waals surface area contributed by atoms with E-state index in [0.29, 0.717) is 13.2 Å². The molecule has 1 aromatic heterocycles. The Labute approximate surface area is 159 Å². The van der Waals surface area contributed by atoms with Crippen LogP contribution in [0.1, 0.15) is 49.2 Å². The lowest BCUT2D eigenvalue weighted by Crippen LogP contribution is -2.45. The Kier molecular flexibility index (Phi) is 5.46. The van der Waals surface area contributed by atoms with Gasteiger partial charge in [0.25, 0.3) is 11.5 Å². The third kappa shape index (κ3) is 4.45. The molecule has 0 aliphatic carbocycles. The van der Waals surface area contributed by atoms with E-state index in [2.05, 4.69) is 48.5 Å². The van der Waals surface area contributed by atoms with E-state index in [-0.39, 0.29) is 28.2 Å². The molecule has 2 aromatic rings. The maximum Gasteiger partial charge on any atom is 0.271 e. The molecule has 0 spiro atoms. The lowest BCUT2D eigenvalue weighted by Gasteiger charge is -2.45. The van der Waals surface area contributed by atoms with E-state index in [0.717, 1.165) is 19.3 Å². The normalized spacial score (nSPS) is 21.6. The molecule has 1 atom stereocenters. The van der Waals surface area contributed by atoms with Crippen molar-refractivity contribution in [1.29, 1.82) is 0 Å². The molecule has 3 rings (SSSR count). The van der Waals surface area contributed by atoms with Crippen molar-refractivity contribution in [3.05, 3.63) is 64.1 Å². The van der Waals surface area contributed by atoms with Gasteiger partial charge in [-0.05, 0) is 44.7 Å². The maximum absolute atomic E-state index is 12.4. The van der Waals surface area contributed by atoms with Crippen LogP contribution in [0.2, 0.25) is 0 Å². The summed E-state index contributed by atoms with van der Waals surface area (Å²) >= 11 is 0. The van der Waals surface area contributed by atoms with Gasteiger partial charge in [0.15, 0.2) is 0 Å². The van der Waals surface area contributed by atoms with Crippen LogP contribution in [0.3, 0.4) is 0 Å². The first-order valence-electron chi connectivity index (χ1n) is 9.33. The van der Waals surface area contributed by atoms with Crippen LogP contribution in [0.4, 0.5) is 0 Å². The SMILES string of the molecule is Cn1nc(C(=O)NCC[C@@]2(c3ccccc3)CCOC(C)(C)C2)ccc1=O. The van der Waals surface area contributed by atoms with Crippen molar-refractivity contribution < 1.29 is 9.53 Å². The molecule has 1 N–H and O–H groups in total. The molecule has 6 nitrogen and oxygen atoms in total. The van der Waals surface area contributed by atoms with Crippen LogP contribution in [-0.2, 0) is 17.2 Å². The van der Waals surface area contributed by atoms with E-state index in [4.69, 9.17) is 4.74 Å². The van der Waals surface area contributed by atoms with E-state index in [9.17, 15) is 9.59 Å². The lowest BCUT2D eigenvalue weighted by atomic mass is 9.67. The first kappa shape index (κ1) is 19.3. The summed E-state index contributed by atoms with van der Waals surface area (Å²) in [6, 6.07) is 13.3. The Bertz CT molecular complexity index is 860. The first-order chi connectivity index (χ1) is 12.8. The number of benzene rings is 1. The van der Waals surface area contributed by atoms with Gasteiger partial charge in [0.2, 0.25) is 0 Å². The number of amides is 1. The zero-order valence-corrected chi connectivity index (χ0v) is 16.2.